The number of hydrogen-bond donors (Lipinski definition) is 0. The molecule has 1 aromatic rings. The molecule has 1 amide bonds. The van der Waals surface area contributed by atoms with Gasteiger partial charge in [-0.3, -0.25) is 4.79 Å². The molecular formula is C14H16N2O. The molecule has 0 aliphatic carbocycles. The van der Waals surface area contributed by atoms with E-state index < -0.39 is 5.41 Å². The lowest BCUT2D eigenvalue weighted by Gasteiger charge is -2.24. The summed E-state index contributed by atoms with van der Waals surface area (Å²) in [4.78, 5) is 13.2. The molecule has 0 N–H and O–H groups in total. The van der Waals surface area contributed by atoms with Crippen molar-refractivity contribution in [3.05, 3.63) is 29.7 Å². The SMILES string of the molecule is [2H]c1c([2H])c([2H])c2c(c1[2H])N(C(C)=O)C[C@@]2(C)CCC#N. The summed E-state index contributed by atoms with van der Waals surface area (Å²) in [5.74, 6) is -0.262. The van der Waals surface area contributed by atoms with Gasteiger partial charge in [0.1, 0.15) is 0 Å². The summed E-state index contributed by atoms with van der Waals surface area (Å²) < 4.78 is 31.7. The fraction of sp³-hybridized carbons (Fsp3) is 0.429. The van der Waals surface area contributed by atoms with Crippen LogP contribution in [0.1, 0.15) is 37.7 Å². The van der Waals surface area contributed by atoms with Crippen LogP contribution in [0, 0.1) is 11.3 Å². The number of fused-ring (bicyclic) bond motifs is 1. The van der Waals surface area contributed by atoms with Gasteiger partial charge in [-0.05, 0) is 18.0 Å². The molecule has 0 unspecified atom stereocenters. The van der Waals surface area contributed by atoms with Gasteiger partial charge in [-0.25, -0.2) is 0 Å². The molecule has 1 aliphatic rings. The second-order valence-corrected chi connectivity index (χ2v) is 4.55. The Kier molecular flexibility index (Phi) is 1.86. The van der Waals surface area contributed by atoms with Crippen molar-refractivity contribution in [2.24, 2.45) is 0 Å². The minimum absolute atomic E-state index is 0.116. The average molecular weight is 232 g/mol. The molecule has 0 aromatic heterocycles. The zero-order chi connectivity index (χ0) is 15.9. The van der Waals surface area contributed by atoms with Crippen LogP contribution < -0.4 is 4.90 Å². The number of rotatable bonds is 2. The van der Waals surface area contributed by atoms with Gasteiger partial charge in [0.2, 0.25) is 5.91 Å². The van der Waals surface area contributed by atoms with E-state index in [1.54, 1.807) is 0 Å². The number of carbonyl (C=O) groups is 1. The van der Waals surface area contributed by atoms with Crippen molar-refractivity contribution in [3.8, 4) is 6.07 Å². The average Bonchev–Trinajstić information content (AvgIpc) is 2.75. The van der Waals surface area contributed by atoms with Crippen molar-refractivity contribution in [1.29, 1.82) is 5.26 Å². The van der Waals surface area contributed by atoms with E-state index in [0.29, 0.717) is 12.0 Å². The van der Waals surface area contributed by atoms with Crippen molar-refractivity contribution in [1.82, 2.24) is 0 Å². The van der Waals surface area contributed by atoms with Gasteiger partial charge in [0, 0.05) is 31.0 Å². The molecule has 1 atom stereocenters. The maximum atomic E-state index is 11.8. The molecule has 0 radical (unpaired) electrons. The summed E-state index contributed by atoms with van der Waals surface area (Å²) >= 11 is 0. The normalized spacial score (nSPS) is 25.4. The van der Waals surface area contributed by atoms with Crippen LogP contribution in [0.15, 0.2) is 24.2 Å². The number of hydrogen-bond acceptors (Lipinski definition) is 2. The van der Waals surface area contributed by atoms with Gasteiger partial charge in [-0.1, -0.05) is 25.1 Å². The Hall–Kier alpha value is -1.82. The topological polar surface area (TPSA) is 44.1 Å². The molecule has 17 heavy (non-hydrogen) atoms. The molecular weight excluding hydrogens is 212 g/mol. The molecule has 3 heteroatoms. The van der Waals surface area contributed by atoms with Gasteiger partial charge in [-0.15, -0.1) is 0 Å². The van der Waals surface area contributed by atoms with Crippen LogP contribution in [0.25, 0.3) is 0 Å². The highest BCUT2D eigenvalue weighted by Gasteiger charge is 2.39. The summed E-state index contributed by atoms with van der Waals surface area (Å²) in [6.45, 7) is 3.49. The van der Waals surface area contributed by atoms with Crippen molar-refractivity contribution in [2.75, 3.05) is 11.4 Å². The van der Waals surface area contributed by atoms with E-state index in [-0.39, 0.29) is 48.7 Å². The number of carbonyl (C=O) groups excluding carboxylic acids is 1. The van der Waals surface area contributed by atoms with Crippen LogP contribution in [0.4, 0.5) is 5.69 Å². The second kappa shape index (κ2) is 4.21. The summed E-state index contributed by atoms with van der Waals surface area (Å²) in [6.07, 6.45) is 0.715. The summed E-state index contributed by atoms with van der Waals surface area (Å²) in [5, 5.41) is 8.81. The molecule has 0 spiro atoms. The maximum absolute atomic E-state index is 11.8. The van der Waals surface area contributed by atoms with E-state index >= 15 is 0 Å². The fourth-order valence-electron chi connectivity index (χ4n) is 2.26. The summed E-state index contributed by atoms with van der Waals surface area (Å²) in [5.41, 5.74) is 0.0699. The Bertz CT molecular complexity index is 668. The first-order chi connectivity index (χ1) is 9.74. The number of para-hydroxylation sites is 1. The zero-order valence-corrected chi connectivity index (χ0v) is 9.92. The van der Waals surface area contributed by atoms with E-state index in [2.05, 4.69) is 6.07 Å². The van der Waals surface area contributed by atoms with Gasteiger partial charge < -0.3 is 4.90 Å². The first-order valence-electron chi connectivity index (χ1n) is 7.50. The largest absolute Gasteiger partial charge is 0.311 e. The Morgan fingerprint density at radius 3 is 3.00 bits per heavy atom. The molecule has 0 fully saturated rings. The molecule has 0 saturated heterocycles. The van der Waals surface area contributed by atoms with Crippen LogP contribution in [-0.2, 0) is 10.2 Å². The third kappa shape index (κ3) is 1.91. The number of anilines is 1. The Morgan fingerprint density at radius 1 is 1.65 bits per heavy atom. The standard InChI is InChI=1S/C14H16N2O/c1-11(17)16-10-14(2,8-5-9-15)12-6-3-4-7-13(12)16/h3-4,6-7H,5,8,10H2,1-2H3/t14-/m1/s1/i3D,4D,6D,7D. The number of nitrogens with zero attached hydrogens (tertiary/aromatic N) is 2. The minimum Gasteiger partial charge on any atom is -0.311 e. The number of nitriles is 1. The predicted octanol–water partition coefficient (Wildman–Crippen LogP) is 2.61. The van der Waals surface area contributed by atoms with Crippen LogP contribution in [0.3, 0.4) is 0 Å². The molecule has 3 nitrogen and oxygen atoms in total. The van der Waals surface area contributed by atoms with Crippen molar-refractivity contribution in [2.45, 2.75) is 32.1 Å². The third-order valence-electron chi connectivity index (χ3n) is 3.22. The quantitative estimate of drug-likeness (QED) is 0.786. The van der Waals surface area contributed by atoms with Crippen LogP contribution >= 0.6 is 0 Å². The Balaban J connectivity index is 2.75. The van der Waals surface area contributed by atoms with Gasteiger partial charge in [0.15, 0.2) is 0 Å². The summed E-state index contributed by atoms with van der Waals surface area (Å²) in [6, 6.07) is 1.11. The van der Waals surface area contributed by atoms with Crippen LogP contribution in [-0.4, -0.2) is 12.5 Å². The lowest BCUT2D eigenvalue weighted by atomic mass is 9.80. The van der Waals surface area contributed by atoms with Crippen molar-refractivity contribution in [3.63, 3.8) is 0 Å². The fourth-order valence-corrected chi connectivity index (χ4v) is 2.26. The number of amides is 1. The highest BCUT2D eigenvalue weighted by Crippen LogP contribution is 2.43. The van der Waals surface area contributed by atoms with Gasteiger partial charge in [0.25, 0.3) is 0 Å². The van der Waals surface area contributed by atoms with Gasteiger partial charge in [0.05, 0.1) is 11.6 Å². The smallest absolute Gasteiger partial charge is 0.223 e. The molecule has 1 aromatic carbocycles. The highest BCUT2D eigenvalue weighted by atomic mass is 16.2. The monoisotopic (exact) mass is 232 g/mol. The van der Waals surface area contributed by atoms with E-state index in [0.717, 1.165) is 0 Å². The molecule has 88 valence electrons. The highest BCUT2D eigenvalue weighted by molar-refractivity contribution is 5.94. The zero-order valence-electron chi connectivity index (χ0n) is 13.9. The lowest BCUT2D eigenvalue weighted by molar-refractivity contribution is -0.116. The third-order valence-corrected chi connectivity index (χ3v) is 3.22. The van der Waals surface area contributed by atoms with Crippen molar-refractivity contribution >= 4 is 11.6 Å². The molecule has 2 rings (SSSR count). The number of benzene rings is 1. The minimum atomic E-state index is -0.632. The van der Waals surface area contributed by atoms with Gasteiger partial charge in [-0.2, -0.15) is 5.26 Å². The maximum Gasteiger partial charge on any atom is 0.223 e. The predicted molar refractivity (Wildman–Crippen MR) is 66.7 cm³/mol. The van der Waals surface area contributed by atoms with Crippen LogP contribution in [0.2, 0.25) is 0 Å². The molecule has 0 bridgehead atoms. The van der Waals surface area contributed by atoms with Crippen molar-refractivity contribution < 1.29 is 10.3 Å². The first-order valence-corrected chi connectivity index (χ1v) is 5.50. The molecule has 1 heterocycles. The summed E-state index contributed by atoms with van der Waals surface area (Å²) in [7, 11) is 0. The Labute approximate surface area is 107 Å². The molecule has 1 aliphatic heterocycles. The second-order valence-electron chi connectivity index (χ2n) is 4.55. The lowest BCUT2D eigenvalue weighted by Crippen LogP contribution is -2.33. The van der Waals surface area contributed by atoms with Crippen LogP contribution in [0.5, 0.6) is 0 Å². The van der Waals surface area contributed by atoms with E-state index in [1.807, 2.05) is 6.92 Å². The van der Waals surface area contributed by atoms with Gasteiger partial charge >= 0.3 is 0 Å². The van der Waals surface area contributed by atoms with E-state index in [4.69, 9.17) is 10.7 Å². The first kappa shape index (κ1) is 7.50. The van der Waals surface area contributed by atoms with E-state index in [9.17, 15) is 4.79 Å². The molecule has 0 saturated carbocycles. The Morgan fingerprint density at radius 2 is 2.35 bits per heavy atom. The van der Waals surface area contributed by atoms with E-state index in [1.165, 1.54) is 11.8 Å².